The smallest absolute Gasteiger partial charge is 0.407 e. The van der Waals surface area contributed by atoms with E-state index >= 15 is 0 Å². The first kappa shape index (κ1) is 22.4. The lowest BCUT2D eigenvalue weighted by atomic mass is 9.98. The molecule has 7 heteroatoms. The fraction of sp³-hybridized carbons (Fsp3) is 0.444. The van der Waals surface area contributed by atoms with Gasteiger partial charge in [-0.05, 0) is 47.4 Å². The van der Waals surface area contributed by atoms with Gasteiger partial charge in [-0.1, -0.05) is 61.4 Å². The summed E-state index contributed by atoms with van der Waals surface area (Å²) in [4.78, 5) is 38.5. The maximum absolute atomic E-state index is 12.9. The number of benzene rings is 2. The molecule has 0 aromatic heterocycles. The van der Waals surface area contributed by atoms with E-state index in [1.807, 2.05) is 24.3 Å². The van der Waals surface area contributed by atoms with Crippen LogP contribution in [-0.2, 0) is 14.3 Å². The number of aliphatic carboxylic acids is 1. The lowest BCUT2D eigenvalue weighted by molar-refractivity contribution is -0.150. The minimum Gasteiger partial charge on any atom is -0.480 e. The Morgan fingerprint density at radius 2 is 1.65 bits per heavy atom. The number of hydrogen-bond donors (Lipinski definition) is 2. The Bertz CT molecular complexity index is 1050. The van der Waals surface area contributed by atoms with Crippen molar-refractivity contribution < 1.29 is 24.2 Å². The molecule has 1 heterocycles. The van der Waals surface area contributed by atoms with Crippen LogP contribution in [0.15, 0.2) is 48.5 Å². The summed E-state index contributed by atoms with van der Waals surface area (Å²) < 4.78 is 5.57. The number of alkyl carbamates (subject to hydrolysis) is 1. The van der Waals surface area contributed by atoms with Crippen molar-refractivity contribution in [3.8, 4) is 11.1 Å². The average Bonchev–Trinajstić information content (AvgIpc) is 3.61. The van der Waals surface area contributed by atoms with E-state index in [1.54, 1.807) is 4.90 Å². The van der Waals surface area contributed by atoms with Crippen LogP contribution < -0.4 is 5.32 Å². The van der Waals surface area contributed by atoms with Crippen molar-refractivity contribution in [2.75, 3.05) is 19.7 Å². The van der Waals surface area contributed by atoms with Crippen LogP contribution in [0.3, 0.4) is 0 Å². The first-order valence-corrected chi connectivity index (χ1v) is 12.2. The molecule has 1 aliphatic heterocycles. The van der Waals surface area contributed by atoms with Crippen molar-refractivity contribution in [1.29, 1.82) is 0 Å². The highest BCUT2D eigenvalue weighted by atomic mass is 16.5. The number of amides is 2. The highest BCUT2D eigenvalue weighted by Crippen LogP contribution is 2.44. The number of rotatable bonds is 6. The quantitative estimate of drug-likeness (QED) is 0.676. The third-order valence-corrected chi connectivity index (χ3v) is 7.41. The summed E-state index contributed by atoms with van der Waals surface area (Å²) in [6, 6.07) is 15.7. The number of likely N-dealkylation sites (tertiary alicyclic amines) is 1. The number of carboxylic acid groups (broad SMARTS) is 1. The van der Waals surface area contributed by atoms with Gasteiger partial charge in [0.1, 0.15) is 12.6 Å². The number of nitrogens with zero attached hydrogens (tertiary/aromatic N) is 1. The first-order chi connectivity index (χ1) is 16.5. The minimum atomic E-state index is -0.927. The van der Waals surface area contributed by atoms with Crippen LogP contribution in [0.25, 0.3) is 11.1 Å². The zero-order valence-electron chi connectivity index (χ0n) is 19.1. The summed E-state index contributed by atoms with van der Waals surface area (Å²) in [6.45, 7) is 1.11. The molecular formula is C27H30N2O5. The van der Waals surface area contributed by atoms with Crippen molar-refractivity contribution in [3.63, 3.8) is 0 Å². The largest absolute Gasteiger partial charge is 0.480 e. The van der Waals surface area contributed by atoms with Gasteiger partial charge in [-0.25, -0.2) is 9.59 Å². The van der Waals surface area contributed by atoms with Gasteiger partial charge in [0.05, 0.1) is 0 Å². The van der Waals surface area contributed by atoms with Crippen LogP contribution in [0, 0.1) is 11.8 Å². The summed E-state index contributed by atoms with van der Waals surface area (Å²) in [5.74, 6) is -1.19. The van der Waals surface area contributed by atoms with E-state index in [0.717, 1.165) is 30.4 Å². The number of ether oxygens (including phenoxy) is 1. The number of carbonyl (C=O) groups is 3. The van der Waals surface area contributed by atoms with E-state index in [1.165, 1.54) is 11.1 Å². The number of carboxylic acids is 1. The summed E-state index contributed by atoms with van der Waals surface area (Å²) in [7, 11) is 0. The topological polar surface area (TPSA) is 95.9 Å². The fourth-order valence-corrected chi connectivity index (χ4v) is 5.48. The van der Waals surface area contributed by atoms with Gasteiger partial charge in [0, 0.05) is 24.9 Å². The van der Waals surface area contributed by atoms with Gasteiger partial charge in [0.15, 0.2) is 0 Å². The monoisotopic (exact) mass is 462 g/mol. The SMILES string of the molecule is O=C(NCC1CC1C(=O)N1CCCCCC1C(=O)O)OCC1c2ccccc2-c2ccccc21. The predicted molar refractivity (Wildman–Crippen MR) is 126 cm³/mol. The summed E-state index contributed by atoms with van der Waals surface area (Å²) in [5, 5.41) is 12.3. The second kappa shape index (κ2) is 9.49. The molecule has 1 saturated carbocycles. The van der Waals surface area contributed by atoms with Gasteiger partial charge in [-0.3, -0.25) is 4.79 Å². The maximum Gasteiger partial charge on any atom is 0.407 e. The standard InChI is InChI=1S/C27H30N2O5/c30-25(29-13-7-1-2-12-24(29)26(31)32)22-14-17(22)15-28-27(33)34-16-23-20-10-5-3-8-18(20)19-9-4-6-11-21(19)23/h3-6,8-11,17,22-24H,1-2,7,12-16H2,(H,28,33)(H,31,32). The molecule has 0 spiro atoms. The molecule has 5 rings (SSSR count). The van der Waals surface area contributed by atoms with Crippen LogP contribution in [0.1, 0.15) is 49.1 Å². The second-order valence-electron chi connectivity index (χ2n) is 9.54. The van der Waals surface area contributed by atoms with Crippen molar-refractivity contribution in [2.24, 2.45) is 11.8 Å². The second-order valence-corrected chi connectivity index (χ2v) is 9.54. The molecule has 2 aromatic carbocycles. The molecule has 2 N–H and O–H groups in total. The Morgan fingerprint density at radius 3 is 2.32 bits per heavy atom. The fourth-order valence-electron chi connectivity index (χ4n) is 5.48. The molecule has 3 unspecified atom stereocenters. The van der Waals surface area contributed by atoms with E-state index in [-0.39, 0.29) is 30.3 Å². The lowest BCUT2D eigenvalue weighted by Gasteiger charge is -2.27. The van der Waals surface area contributed by atoms with E-state index in [9.17, 15) is 19.5 Å². The van der Waals surface area contributed by atoms with Crippen LogP contribution >= 0.6 is 0 Å². The normalized spacial score (nSPS) is 23.4. The Hall–Kier alpha value is -3.35. The third kappa shape index (κ3) is 4.39. The Balaban J connectivity index is 1.13. The van der Waals surface area contributed by atoms with E-state index in [2.05, 4.69) is 29.6 Å². The molecule has 0 bridgehead atoms. The predicted octanol–water partition coefficient (Wildman–Crippen LogP) is 4.02. The zero-order chi connectivity index (χ0) is 23.7. The number of nitrogens with one attached hydrogen (secondary N) is 1. The molecule has 7 nitrogen and oxygen atoms in total. The lowest BCUT2D eigenvalue weighted by Crippen LogP contribution is -2.45. The van der Waals surface area contributed by atoms with E-state index in [4.69, 9.17) is 4.74 Å². The van der Waals surface area contributed by atoms with E-state index in [0.29, 0.717) is 25.9 Å². The van der Waals surface area contributed by atoms with Crippen molar-refractivity contribution >= 4 is 18.0 Å². The van der Waals surface area contributed by atoms with Gasteiger partial charge < -0.3 is 20.1 Å². The highest BCUT2D eigenvalue weighted by Gasteiger charge is 2.47. The summed E-state index contributed by atoms with van der Waals surface area (Å²) in [6.07, 6.45) is 3.31. The molecule has 34 heavy (non-hydrogen) atoms. The molecule has 3 atom stereocenters. The van der Waals surface area contributed by atoms with Gasteiger partial charge in [-0.2, -0.15) is 0 Å². The van der Waals surface area contributed by atoms with Crippen LogP contribution in [-0.4, -0.2) is 53.7 Å². The van der Waals surface area contributed by atoms with Crippen LogP contribution in [0.2, 0.25) is 0 Å². The van der Waals surface area contributed by atoms with Crippen LogP contribution in [0.4, 0.5) is 4.79 Å². The van der Waals surface area contributed by atoms with Crippen molar-refractivity contribution in [1.82, 2.24) is 10.2 Å². The minimum absolute atomic E-state index is 0.00406. The molecule has 2 aromatic rings. The Labute approximate surface area is 199 Å². The summed E-state index contributed by atoms with van der Waals surface area (Å²) in [5.41, 5.74) is 4.68. The van der Waals surface area contributed by atoms with Gasteiger partial charge in [0.2, 0.25) is 5.91 Å². The molecule has 1 saturated heterocycles. The molecule has 3 aliphatic rings. The van der Waals surface area contributed by atoms with E-state index < -0.39 is 18.1 Å². The van der Waals surface area contributed by atoms with Crippen molar-refractivity contribution in [3.05, 3.63) is 59.7 Å². The zero-order valence-corrected chi connectivity index (χ0v) is 19.1. The van der Waals surface area contributed by atoms with Crippen molar-refractivity contribution in [2.45, 2.75) is 44.1 Å². The maximum atomic E-state index is 12.9. The summed E-state index contributed by atoms with van der Waals surface area (Å²) >= 11 is 0. The highest BCUT2D eigenvalue weighted by molar-refractivity contribution is 5.87. The molecule has 2 amide bonds. The molecule has 2 aliphatic carbocycles. The molecule has 0 radical (unpaired) electrons. The first-order valence-electron chi connectivity index (χ1n) is 12.2. The average molecular weight is 463 g/mol. The molecule has 178 valence electrons. The Morgan fingerprint density at radius 1 is 0.971 bits per heavy atom. The number of fused-ring (bicyclic) bond motifs is 3. The van der Waals surface area contributed by atoms with Gasteiger partial charge in [-0.15, -0.1) is 0 Å². The Kier molecular flexibility index (Phi) is 6.26. The van der Waals surface area contributed by atoms with Crippen LogP contribution in [0.5, 0.6) is 0 Å². The van der Waals surface area contributed by atoms with Gasteiger partial charge >= 0.3 is 12.1 Å². The third-order valence-electron chi connectivity index (χ3n) is 7.41. The van der Waals surface area contributed by atoms with Gasteiger partial charge in [0.25, 0.3) is 0 Å². The molecule has 2 fully saturated rings. The number of carbonyl (C=O) groups excluding carboxylic acids is 2. The molecular weight excluding hydrogens is 432 g/mol. The number of hydrogen-bond acceptors (Lipinski definition) is 4.